The SMILES string of the molecule is COC(=O)c1cc(OC)cc(NS(=O)(=O)c2ccc(C)cc2)c1O. The van der Waals surface area contributed by atoms with Crippen LogP contribution in [-0.2, 0) is 14.8 Å². The number of sulfonamides is 1. The van der Waals surface area contributed by atoms with Crippen molar-refractivity contribution in [3.05, 3.63) is 47.5 Å². The molecule has 24 heavy (non-hydrogen) atoms. The van der Waals surface area contributed by atoms with Crippen molar-refractivity contribution in [1.82, 2.24) is 0 Å². The third kappa shape index (κ3) is 3.60. The van der Waals surface area contributed by atoms with Gasteiger partial charge in [0.25, 0.3) is 10.0 Å². The molecule has 128 valence electrons. The van der Waals surface area contributed by atoms with E-state index in [2.05, 4.69) is 9.46 Å². The second-order valence-electron chi connectivity index (χ2n) is 4.98. The molecule has 0 bridgehead atoms. The molecule has 2 aromatic carbocycles. The van der Waals surface area contributed by atoms with Crippen molar-refractivity contribution >= 4 is 21.7 Å². The summed E-state index contributed by atoms with van der Waals surface area (Å²) in [6, 6.07) is 8.71. The highest BCUT2D eigenvalue weighted by molar-refractivity contribution is 7.92. The minimum absolute atomic E-state index is 0.0231. The summed E-state index contributed by atoms with van der Waals surface area (Å²) >= 11 is 0. The van der Waals surface area contributed by atoms with E-state index in [1.807, 2.05) is 6.92 Å². The molecule has 0 spiro atoms. The van der Waals surface area contributed by atoms with Crippen molar-refractivity contribution in [2.45, 2.75) is 11.8 Å². The number of anilines is 1. The predicted molar refractivity (Wildman–Crippen MR) is 88.0 cm³/mol. The highest BCUT2D eigenvalue weighted by Gasteiger charge is 2.22. The number of nitrogens with one attached hydrogen (secondary N) is 1. The molecule has 0 aliphatic carbocycles. The molecule has 7 nitrogen and oxygen atoms in total. The standard InChI is InChI=1S/C16H17NO6S/c1-10-4-6-12(7-5-10)24(20,21)17-14-9-11(22-2)8-13(15(14)18)16(19)23-3/h4-9,17-18H,1-3H3. The maximum Gasteiger partial charge on any atom is 0.341 e. The van der Waals surface area contributed by atoms with Gasteiger partial charge in [-0.1, -0.05) is 17.7 Å². The molecule has 8 heteroatoms. The zero-order chi connectivity index (χ0) is 17.9. The molecule has 0 aliphatic rings. The molecular weight excluding hydrogens is 334 g/mol. The maximum atomic E-state index is 12.4. The van der Waals surface area contributed by atoms with Crippen LogP contribution in [0.2, 0.25) is 0 Å². The topological polar surface area (TPSA) is 102 Å². The smallest absolute Gasteiger partial charge is 0.341 e. The zero-order valence-electron chi connectivity index (χ0n) is 13.4. The number of benzene rings is 2. The molecule has 2 N–H and O–H groups in total. The molecule has 2 aromatic rings. The van der Waals surface area contributed by atoms with Crippen LogP contribution in [0.1, 0.15) is 15.9 Å². The summed E-state index contributed by atoms with van der Waals surface area (Å²) in [6.07, 6.45) is 0. The number of phenolic OH excluding ortho intramolecular Hbond substituents is 1. The van der Waals surface area contributed by atoms with Crippen molar-refractivity contribution < 1.29 is 27.8 Å². The highest BCUT2D eigenvalue weighted by Crippen LogP contribution is 2.34. The van der Waals surface area contributed by atoms with Crippen LogP contribution in [0.25, 0.3) is 0 Å². The van der Waals surface area contributed by atoms with Gasteiger partial charge in [0.05, 0.1) is 24.8 Å². The van der Waals surface area contributed by atoms with Crippen LogP contribution in [0.15, 0.2) is 41.3 Å². The Labute approximate surface area is 139 Å². The monoisotopic (exact) mass is 351 g/mol. The van der Waals surface area contributed by atoms with Gasteiger partial charge in [-0.3, -0.25) is 4.72 Å². The quantitative estimate of drug-likeness (QED) is 0.633. The van der Waals surface area contributed by atoms with Gasteiger partial charge in [-0.25, -0.2) is 13.2 Å². The van der Waals surface area contributed by atoms with Crippen LogP contribution in [0, 0.1) is 6.92 Å². The van der Waals surface area contributed by atoms with Crippen LogP contribution in [-0.4, -0.2) is 33.7 Å². The zero-order valence-corrected chi connectivity index (χ0v) is 14.2. The number of hydrogen-bond donors (Lipinski definition) is 2. The third-order valence-electron chi connectivity index (χ3n) is 3.30. The van der Waals surface area contributed by atoms with Gasteiger partial charge in [0.2, 0.25) is 0 Å². The number of aromatic hydroxyl groups is 1. The van der Waals surface area contributed by atoms with E-state index in [9.17, 15) is 18.3 Å². The van der Waals surface area contributed by atoms with Gasteiger partial charge in [-0.05, 0) is 25.1 Å². The molecule has 0 unspecified atom stereocenters. The molecule has 0 radical (unpaired) electrons. The van der Waals surface area contributed by atoms with E-state index in [1.54, 1.807) is 12.1 Å². The highest BCUT2D eigenvalue weighted by atomic mass is 32.2. The van der Waals surface area contributed by atoms with Gasteiger partial charge >= 0.3 is 5.97 Å². The summed E-state index contributed by atoms with van der Waals surface area (Å²) in [7, 11) is -1.44. The second-order valence-corrected chi connectivity index (χ2v) is 6.66. The Morgan fingerprint density at radius 2 is 1.75 bits per heavy atom. The molecule has 0 saturated carbocycles. The minimum atomic E-state index is -3.94. The fourth-order valence-electron chi connectivity index (χ4n) is 1.99. The van der Waals surface area contributed by atoms with Gasteiger partial charge in [0.15, 0.2) is 5.75 Å². The van der Waals surface area contributed by atoms with E-state index in [0.29, 0.717) is 0 Å². The lowest BCUT2D eigenvalue weighted by molar-refractivity contribution is 0.0597. The number of carbonyl (C=O) groups excluding carboxylic acids is 1. The first-order chi connectivity index (χ1) is 11.3. The van der Waals surface area contributed by atoms with Crippen LogP contribution < -0.4 is 9.46 Å². The number of methoxy groups -OCH3 is 2. The lowest BCUT2D eigenvalue weighted by Crippen LogP contribution is -2.14. The third-order valence-corrected chi connectivity index (χ3v) is 4.68. The Bertz CT molecular complexity index is 859. The van der Waals surface area contributed by atoms with E-state index in [4.69, 9.17) is 4.74 Å². The van der Waals surface area contributed by atoms with Gasteiger partial charge in [-0.15, -0.1) is 0 Å². The summed E-state index contributed by atoms with van der Waals surface area (Å²) in [5.74, 6) is -1.17. The van der Waals surface area contributed by atoms with Crippen molar-refractivity contribution in [3.8, 4) is 11.5 Å². The minimum Gasteiger partial charge on any atom is -0.505 e. The number of esters is 1. The van der Waals surface area contributed by atoms with E-state index in [-0.39, 0.29) is 21.9 Å². The van der Waals surface area contributed by atoms with Gasteiger partial charge in [0.1, 0.15) is 11.3 Å². The van der Waals surface area contributed by atoms with Crippen LogP contribution in [0.4, 0.5) is 5.69 Å². The van der Waals surface area contributed by atoms with E-state index in [1.165, 1.54) is 31.4 Å². The largest absolute Gasteiger partial charge is 0.505 e. The molecule has 0 fully saturated rings. The van der Waals surface area contributed by atoms with Crippen LogP contribution >= 0.6 is 0 Å². The molecular formula is C16H17NO6S. The van der Waals surface area contributed by atoms with Crippen molar-refractivity contribution in [2.75, 3.05) is 18.9 Å². The van der Waals surface area contributed by atoms with E-state index >= 15 is 0 Å². The van der Waals surface area contributed by atoms with Crippen molar-refractivity contribution in [3.63, 3.8) is 0 Å². The van der Waals surface area contributed by atoms with E-state index in [0.717, 1.165) is 12.7 Å². The number of carbonyl (C=O) groups is 1. The summed E-state index contributed by atoms with van der Waals surface area (Å²) in [5.41, 5.74) is 0.514. The number of ether oxygens (including phenoxy) is 2. The summed E-state index contributed by atoms with van der Waals surface area (Å²) in [4.78, 5) is 11.7. The average molecular weight is 351 g/mol. The Morgan fingerprint density at radius 1 is 1.12 bits per heavy atom. The average Bonchev–Trinajstić information content (AvgIpc) is 2.56. The first-order valence-corrected chi connectivity index (χ1v) is 8.35. The Morgan fingerprint density at radius 3 is 2.29 bits per heavy atom. The first-order valence-electron chi connectivity index (χ1n) is 6.87. The fourth-order valence-corrected chi connectivity index (χ4v) is 3.05. The fraction of sp³-hybridized carbons (Fsp3) is 0.188. The number of aryl methyl sites for hydroxylation is 1. The van der Waals surface area contributed by atoms with Gasteiger partial charge in [0, 0.05) is 6.07 Å². The number of rotatable bonds is 5. The number of hydrogen-bond acceptors (Lipinski definition) is 6. The molecule has 0 atom stereocenters. The molecule has 0 aliphatic heterocycles. The summed E-state index contributed by atoms with van der Waals surface area (Å²) in [5, 5.41) is 10.2. The van der Waals surface area contributed by atoms with Crippen LogP contribution in [0.5, 0.6) is 11.5 Å². The van der Waals surface area contributed by atoms with Gasteiger partial charge < -0.3 is 14.6 Å². The molecule has 0 amide bonds. The van der Waals surface area contributed by atoms with Crippen molar-refractivity contribution in [2.24, 2.45) is 0 Å². The normalized spacial score (nSPS) is 11.0. The molecule has 2 rings (SSSR count). The van der Waals surface area contributed by atoms with Crippen LogP contribution in [0.3, 0.4) is 0 Å². The summed E-state index contributed by atoms with van der Waals surface area (Å²) in [6.45, 7) is 1.83. The molecule has 0 heterocycles. The Hall–Kier alpha value is -2.74. The Kier molecular flexibility index (Phi) is 4.99. The van der Waals surface area contributed by atoms with E-state index < -0.39 is 21.7 Å². The lowest BCUT2D eigenvalue weighted by atomic mass is 10.1. The summed E-state index contributed by atoms with van der Waals surface area (Å²) < 4.78 is 36.7. The second kappa shape index (κ2) is 6.79. The maximum absolute atomic E-state index is 12.4. The van der Waals surface area contributed by atoms with Gasteiger partial charge in [-0.2, -0.15) is 0 Å². The predicted octanol–water partition coefficient (Wildman–Crippen LogP) is 2.30. The lowest BCUT2D eigenvalue weighted by Gasteiger charge is -2.13. The Balaban J connectivity index is 2.48. The molecule has 0 aromatic heterocycles. The molecule has 0 saturated heterocycles. The van der Waals surface area contributed by atoms with Crippen molar-refractivity contribution in [1.29, 1.82) is 0 Å². The number of phenols is 1. The first kappa shape index (κ1) is 17.6.